The Morgan fingerprint density at radius 1 is 1.37 bits per heavy atom. The Hall–Kier alpha value is -1.92. The molecule has 0 fully saturated rings. The van der Waals surface area contributed by atoms with E-state index in [0.29, 0.717) is 6.54 Å². The summed E-state index contributed by atoms with van der Waals surface area (Å²) in [5, 5.41) is 8.75. The molecule has 100 valence electrons. The summed E-state index contributed by atoms with van der Waals surface area (Å²) < 4.78 is 0. The predicted molar refractivity (Wildman–Crippen MR) is 74.3 cm³/mol. The molecule has 2 rings (SSSR count). The van der Waals surface area contributed by atoms with Crippen LogP contribution in [-0.4, -0.2) is 34.6 Å². The molecule has 0 spiro atoms. The monoisotopic (exact) mass is 278 g/mol. The number of rotatable bonds is 5. The third-order valence-corrected chi connectivity index (χ3v) is 3.47. The fourth-order valence-electron chi connectivity index (χ4n) is 1.84. The van der Waals surface area contributed by atoms with Crippen molar-refractivity contribution < 1.29 is 9.90 Å². The van der Waals surface area contributed by atoms with Crippen LogP contribution in [0.4, 0.5) is 0 Å². The van der Waals surface area contributed by atoms with Crippen LogP contribution in [0.25, 0.3) is 11.3 Å². The Morgan fingerprint density at radius 3 is 2.68 bits per heavy atom. The molecule has 1 aromatic heterocycles. The van der Waals surface area contributed by atoms with Crippen molar-refractivity contribution >= 4 is 17.3 Å². The van der Waals surface area contributed by atoms with Crippen molar-refractivity contribution in [1.29, 1.82) is 0 Å². The van der Waals surface area contributed by atoms with E-state index in [9.17, 15) is 9.59 Å². The van der Waals surface area contributed by atoms with Gasteiger partial charge in [-0.05, 0) is 12.6 Å². The van der Waals surface area contributed by atoms with Gasteiger partial charge in [-0.1, -0.05) is 41.7 Å². The van der Waals surface area contributed by atoms with Crippen molar-refractivity contribution in [1.82, 2.24) is 9.88 Å². The van der Waals surface area contributed by atoms with E-state index in [1.165, 1.54) is 0 Å². The van der Waals surface area contributed by atoms with Crippen LogP contribution in [-0.2, 0) is 11.3 Å². The van der Waals surface area contributed by atoms with E-state index in [1.807, 2.05) is 30.3 Å². The molecule has 2 N–H and O–H groups in total. The maximum absolute atomic E-state index is 11.5. The van der Waals surface area contributed by atoms with Gasteiger partial charge >= 0.3 is 10.8 Å². The number of carbonyl (C=O) groups is 1. The van der Waals surface area contributed by atoms with E-state index >= 15 is 0 Å². The Labute approximate surface area is 114 Å². The Balaban J connectivity index is 2.27. The maximum Gasteiger partial charge on any atom is 0.317 e. The zero-order valence-electron chi connectivity index (χ0n) is 10.4. The van der Waals surface area contributed by atoms with Crippen LogP contribution in [0, 0.1) is 0 Å². The van der Waals surface area contributed by atoms with Crippen molar-refractivity contribution in [3.8, 4) is 11.3 Å². The second kappa shape index (κ2) is 5.81. The summed E-state index contributed by atoms with van der Waals surface area (Å²) in [7, 11) is 1.72. The Kier molecular flexibility index (Phi) is 4.13. The smallest absolute Gasteiger partial charge is 0.317 e. The van der Waals surface area contributed by atoms with Gasteiger partial charge in [0.1, 0.15) is 0 Å². The van der Waals surface area contributed by atoms with Crippen LogP contribution >= 0.6 is 11.3 Å². The standard InChI is InChI=1S/C13H14N2O3S/c1-15(8-11(16)17)7-10-12(14-13(18)19-10)9-5-3-2-4-6-9/h2-6H,7-8H2,1H3,(H,14,18)(H,16,17). The lowest BCUT2D eigenvalue weighted by Crippen LogP contribution is -2.24. The van der Waals surface area contributed by atoms with E-state index in [1.54, 1.807) is 11.9 Å². The molecule has 0 saturated heterocycles. The molecule has 0 atom stereocenters. The minimum Gasteiger partial charge on any atom is -0.480 e. The summed E-state index contributed by atoms with van der Waals surface area (Å²) >= 11 is 1.12. The SMILES string of the molecule is CN(CC(=O)O)Cc1sc(=O)[nH]c1-c1ccccc1. The highest BCUT2D eigenvalue weighted by Crippen LogP contribution is 2.23. The number of benzene rings is 1. The topological polar surface area (TPSA) is 73.4 Å². The molecule has 0 radical (unpaired) electrons. The lowest BCUT2D eigenvalue weighted by molar-refractivity contribution is -0.138. The van der Waals surface area contributed by atoms with Crippen molar-refractivity contribution in [2.45, 2.75) is 6.54 Å². The van der Waals surface area contributed by atoms with Crippen molar-refractivity contribution in [3.05, 3.63) is 44.9 Å². The molecular formula is C13H14N2O3S. The molecule has 0 aliphatic rings. The average molecular weight is 278 g/mol. The second-order valence-corrected chi connectivity index (χ2v) is 5.31. The first-order valence-corrected chi connectivity index (χ1v) is 6.55. The molecule has 1 aromatic carbocycles. The van der Waals surface area contributed by atoms with Gasteiger partial charge in [-0.2, -0.15) is 0 Å². The maximum atomic E-state index is 11.5. The van der Waals surface area contributed by atoms with E-state index in [0.717, 1.165) is 27.5 Å². The van der Waals surface area contributed by atoms with E-state index < -0.39 is 5.97 Å². The van der Waals surface area contributed by atoms with Gasteiger partial charge in [-0.15, -0.1) is 0 Å². The number of carboxylic acid groups (broad SMARTS) is 1. The molecule has 0 bridgehead atoms. The highest BCUT2D eigenvalue weighted by Gasteiger charge is 2.13. The van der Waals surface area contributed by atoms with Crippen LogP contribution in [0.1, 0.15) is 4.88 Å². The zero-order valence-corrected chi connectivity index (χ0v) is 11.2. The fourth-order valence-corrected chi connectivity index (χ4v) is 2.77. The molecule has 2 aromatic rings. The highest BCUT2D eigenvalue weighted by molar-refractivity contribution is 7.09. The first-order chi connectivity index (χ1) is 9.06. The third kappa shape index (κ3) is 3.52. The molecule has 19 heavy (non-hydrogen) atoms. The molecule has 0 saturated carbocycles. The van der Waals surface area contributed by atoms with Crippen LogP contribution in [0.15, 0.2) is 35.1 Å². The second-order valence-electron chi connectivity index (χ2n) is 4.24. The minimum atomic E-state index is -0.883. The van der Waals surface area contributed by atoms with Gasteiger partial charge in [0, 0.05) is 11.4 Å². The molecule has 5 nitrogen and oxygen atoms in total. The normalized spacial score (nSPS) is 10.8. The van der Waals surface area contributed by atoms with Crippen LogP contribution < -0.4 is 4.87 Å². The summed E-state index contributed by atoms with van der Waals surface area (Å²) in [4.78, 5) is 27.4. The summed E-state index contributed by atoms with van der Waals surface area (Å²) in [6.07, 6.45) is 0. The van der Waals surface area contributed by atoms with Crippen molar-refractivity contribution in [2.24, 2.45) is 0 Å². The number of aliphatic carboxylic acids is 1. The summed E-state index contributed by atoms with van der Waals surface area (Å²) in [5.74, 6) is -0.883. The van der Waals surface area contributed by atoms with E-state index in [-0.39, 0.29) is 11.4 Å². The molecule has 0 aliphatic carbocycles. The van der Waals surface area contributed by atoms with E-state index in [2.05, 4.69) is 4.98 Å². The van der Waals surface area contributed by atoms with Gasteiger partial charge in [-0.3, -0.25) is 14.5 Å². The number of nitrogens with zero attached hydrogens (tertiary/aromatic N) is 1. The first kappa shape index (κ1) is 13.5. The van der Waals surface area contributed by atoms with Gasteiger partial charge in [0.25, 0.3) is 0 Å². The minimum absolute atomic E-state index is 0.0552. The predicted octanol–water partition coefficient (Wildman–Crippen LogP) is 1.62. The number of aromatic amines is 1. The number of hydrogen-bond donors (Lipinski definition) is 2. The molecule has 0 unspecified atom stereocenters. The first-order valence-electron chi connectivity index (χ1n) is 5.74. The molecule has 0 amide bonds. The molecular weight excluding hydrogens is 264 g/mol. The quantitative estimate of drug-likeness (QED) is 0.871. The number of hydrogen-bond acceptors (Lipinski definition) is 4. The van der Waals surface area contributed by atoms with Gasteiger partial charge < -0.3 is 10.1 Å². The summed E-state index contributed by atoms with van der Waals surface area (Å²) in [6, 6.07) is 9.54. The van der Waals surface area contributed by atoms with Crippen molar-refractivity contribution in [2.75, 3.05) is 13.6 Å². The van der Waals surface area contributed by atoms with Crippen molar-refractivity contribution in [3.63, 3.8) is 0 Å². The average Bonchev–Trinajstić information content (AvgIpc) is 2.70. The number of nitrogens with one attached hydrogen (secondary N) is 1. The number of aromatic nitrogens is 1. The third-order valence-electron chi connectivity index (χ3n) is 2.60. The molecule has 6 heteroatoms. The van der Waals surface area contributed by atoms with Crippen LogP contribution in [0.3, 0.4) is 0 Å². The highest BCUT2D eigenvalue weighted by atomic mass is 32.1. The van der Waals surface area contributed by atoms with Gasteiger partial charge in [0.15, 0.2) is 0 Å². The summed E-state index contributed by atoms with van der Waals surface area (Å²) in [6.45, 7) is 0.375. The largest absolute Gasteiger partial charge is 0.480 e. The van der Waals surface area contributed by atoms with Gasteiger partial charge in [0.05, 0.1) is 12.2 Å². The number of thiazole rings is 1. The Morgan fingerprint density at radius 2 is 2.05 bits per heavy atom. The van der Waals surface area contributed by atoms with Crippen LogP contribution in [0.2, 0.25) is 0 Å². The van der Waals surface area contributed by atoms with Gasteiger partial charge in [-0.25, -0.2) is 0 Å². The van der Waals surface area contributed by atoms with Crippen LogP contribution in [0.5, 0.6) is 0 Å². The van der Waals surface area contributed by atoms with Gasteiger partial charge in [0.2, 0.25) is 0 Å². The lowest BCUT2D eigenvalue weighted by atomic mass is 10.1. The Bertz CT molecular complexity index is 618. The lowest BCUT2D eigenvalue weighted by Gasteiger charge is -2.13. The number of likely N-dealkylation sites (N-methyl/N-ethyl adjacent to an activating group) is 1. The number of carboxylic acids is 1. The molecule has 0 aliphatic heterocycles. The zero-order chi connectivity index (χ0) is 13.8. The fraction of sp³-hybridized carbons (Fsp3) is 0.231. The number of H-pyrrole nitrogens is 1. The van der Waals surface area contributed by atoms with E-state index in [4.69, 9.17) is 5.11 Å². The molecule has 1 heterocycles. The summed E-state index contributed by atoms with van der Waals surface area (Å²) in [5.41, 5.74) is 1.70.